The van der Waals surface area contributed by atoms with Crippen LogP contribution in [0.3, 0.4) is 0 Å². The van der Waals surface area contributed by atoms with E-state index in [2.05, 4.69) is 19.2 Å². The summed E-state index contributed by atoms with van der Waals surface area (Å²) in [6.45, 7) is 5.01. The van der Waals surface area contributed by atoms with Crippen LogP contribution in [0.15, 0.2) is 0 Å². The number of aliphatic hydroxyl groups excluding tert-OH is 2. The van der Waals surface area contributed by atoms with Crippen molar-refractivity contribution in [1.29, 1.82) is 0 Å². The first-order valence-corrected chi connectivity index (χ1v) is 36.3. The van der Waals surface area contributed by atoms with Crippen LogP contribution in [0.1, 0.15) is 425 Å². The lowest BCUT2D eigenvalue weighted by Gasteiger charge is -2.22. The third kappa shape index (κ3) is 64.0. The van der Waals surface area contributed by atoms with Gasteiger partial charge in [0.15, 0.2) is 0 Å². The van der Waals surface area contributed by atoms with Gasteiger partial charge in [0.25, 0.3) is 0 Å². The molecule has 0 aliphatic heterocycles. The van der Waals surface area contributed by atoms with Crippen LogP contribution in [0.2, 0.25) is 0 Å². The summed E-state index contributed by atoms with van der Waals surface area (Å²) >= 11 is 0. The Morgan fingerprint density at radius 3 is 0.782 bits per heavy atom. The van der Waals surface area contributed by atoms with E-state index in [1.54, 1.807) is 0 Å². The van der Waals surface area contributed by atoms with E-state index in [-0.39, 0.29) is 18.5 Å². The maximum Gasteiger partial charge on any atom is 0.305 e. The summed E-state index contributed by atoms with van der Waals surface area (Å²) in [6.07, 6.45) is 83.0. The molecule has 0 bridgehead atoms. The van der Waals surface area contributed by atoms with E-state index in [1.165, 1.54) is 353 Å². The normalized spacial score (nSPS) is 12.4. The minimum atomic E-state index is -0.661. The van der Waals surface area contributed by atoms with Gasteiger partial charge in [0.05, 0.1) is 25.4 Å². The molecule has 0 heterocycles. The van der Waals surface area contributed by atoms with Crippen LogP contribution in [-0.2, 0) is 14.3 Å². The molecule has 0 aromatic carbocycles. The van der Waals surface area contributed by atoms with Gasteiger partial charge in [-0.05, 0) is 25.7 Å². The second-order valence-corrected chi connectivity index (χ2v) is 25.3. The molecule has 466 valence electrons. The van der Waals surface area contributed by atoms with Gasteiger partial charge in [-0.1, -0.05) is 386 Å². The lowest BCUT2D eigenvalue weighted by molar-refractivity contribution is -0.143. The highest BCUT2D eigenvalue weighted by atomic mass is 16.5. The number of carbonyl (C=O) groups is 2. The SMILES string of the molecule is CCCCCCCCCCCCCCCCCCCC(O)C(CO)NC(=O)CCCCCCCCCCCCCCCCCCCCCCCCCCCCCCCOC(=O)CCCCCCCCCCCCCCCCC. The zero-order valence-electron chi connectivity index (χ0n) is 53.4. The molecule has 0 fully saturated rings. The van der Waals surface area contributed by atoms with Crippen molar-refractivity contribution in [1.82, 2.24) is 5.32 Å². The van der Waals surface area contributed by atoms with Crippen molar-refractivity contribution in [2.75, 3.05) is 13.2 Å². The van der Waals surface area contributed by atoms with E-state index < -0.39 is 12.1 Å². The van der Waals surface area contributed by atoms with Gasteiger partial charge in [0.1, 0.15) is 0 Å². The zero-order chi connectivity index (χ0) is 56.4. The fraction of sp³-hybridized carbons (Fsp3) is 0.972. The smallest absolute Gasteiger partial charge is 0.305 e. The molecule has 0 aromatic rings. The summed E-state index contributed by atoms with van der Waals surface area (Å²) < 4.78 is 5.50. The van der Waals surface area contributed by atoms with Gasteiger partial charge in [0.2, 0.25) is 5.91 Å². The molecule has 0 aliphatic rings. The Morgan fingerprint density at radius 1 is 0.308 bits per heavy atom. The second kappa shape index (κ2) is 68.4. The molecule has 0 rings (SSSR count). The lowest BCUT2D eigenvalue weighted by atomic mass is 10.0. The average molecular weight is 1100 g/mol. The molecule has 0 aromatic heterocycles. The average Bonchev–Trinajstić information content (AvgIpc) is 3.44. The van der Waals surface area contributed by atoms with Crippen LogP contribution in [0.5, 0.6) is 0 Å². The standard InChI is InChI=1S/C72H143NO5/c1-3-5-7-9-11-13-15-17-19-33-37-40-44-48-52-56-60-64-70(75)69(68-74)73-71(76)65-61-57-53-49-45-41-38-34-31-29-27-25-23-21-20-22-24-26-28-30-32-35-39-43-47-51-55-59-63-67-78-72(77)66-62-58-54-50-46-42-36-18-16-14-12-10-8-6-4-2/h69-70,74-75H,3-68H2,1-2H3,(H,73,76). The Morgan fingerprint density at radius 2 is 0.526 bits per heavy atom. The van der Waals surface area contributed by atoms with E-state index in [4.69, 9.17) is 4.74 Å². The Balaban J connectivity index is 3.32. The minimum absolute atomic E-state index is 0.0237. The van der Waals surface area contributed by atoms with Crippen LogP contribution in [-0.4, -0.2) is 47.4 Å². The number of ether oxygens (including phenoxy) is 1. The van der Waals surface area contributed by atoms with Gasteiger partial charge in [0, 0.05) is 12.8 Å². The number of aliphatic hydroxyl groups is 2. The van der Waals surface area contributed by atoms with Crippen molar-refractivity contribution in [3.63, 3.8) is 0 Å². The van der Waals surface area contributed by atoms with Crippen LogP contribution < -0.4 is 5.32 Å². The minimum Gasteiger partial charge on any atom is -0.466 e. The summed E-state index contributed by atoms with van der Waals surface area (Å²) in [4.78, 5) is 24.6. The molecule has 0 saturated carbocycles. The quantitative estimate of drug-likeness (QED) is 0.0417. The monoisotopic (exact) mass is 1100 g/mol. The van der Waals surface area contributed by atoms with Crippen molar-refractivity contribution in [2.45, 2.75) is 437 Å². The van der Waals surface area contributed by atoms with Gasteiger partial charge >= 0.3 is 5.97 Å². The predicted octanol–water partition coefficient (Wildman–Crippen LogP) is 23.4. The van der Waals surface area contributed by atoms with Crippen LogP contribution >= 0.6 is 0 Å². The van der Waals surface area contributed by atoms with Crippen molar-refractivity contribution in [2.24, 2.45) is 0 Å². The number of hydrogen-bond donors (Lipinski definition) is 3. The van der Waals surface area contributed by atoms with Crippen molar-refractivity contribution in [3.05, 3.63) is 0 Å². The first-order valence-electron chi connectivity index (χ1n) is 36.3. The fourth-order valence-corrected chi connectivity index (χ4v) is 11.9. The van der Waals surface area contributed by atoms with Gasteiger partial charge in [-0.2, -0.15) is 0 Å². The molecule has 3 N–H and O–H groups in total. The summed E-state index contributed by atoms with van der Waals surface area (Å²) in [5, 5.41) is 23.4. The molecular formula is C72H143NO5. The largest absolute Gasteiger partial charge is 0.466 e. The number of esters is 1. The number of amides is 1. The summed E-state index contributed by atoms with van der Waals surface area (Å²) in [6, 6.07) is -0.538. The molecule has 0 spiro atoms. The molecule has 78 heavy (non-hydrogen) atoms. The Hall–Kier alpha value is -1.14. The van der Waals surface area contributed by atoms with E-state index >= 15 is 0 Å². The topological polar surface area (TPSA) is 95.9 Å². The molecule has 6 nitrogen and oxygen atoms in total. The number of carbonyl (C=O) groups excluding carboxylic acids is 2. The maximum atomic E-state index is 12.5. The Labute approximate surface area is 489 Å². The number of hydrogen-bond acceptors (Lipinski definition) is 5. The molecule has 0 saturated heterocycles. The lowest BCUT2D eigenvalue weighted by Crippen LogP contribution is -2.45. The number of nitrogens with one attached hydrogen (secondary N) is 1. The zero-order valence-corrected chi connectivity index (χ0v) is 53.4. The Bertz CT molecular complexity index is 1130. The maximum absolute atomic E-state index is 12.5. The van der Waals surface area contributed by atoms with Crippen LogP contribution in [0.4, 0.5) is 0 Å². The molecule has 6 heteroatoms. The number of rotatable bonds is 69. The van der Waals surface area contributed by atoms with E-state index in [1.807, 2.05) is 0 Å². The molecule has 2 unspecified atom stereocenters. The van der Waals surface area contributed by atoms with Gasteiger partial charge in [-0.3, -0.25) is 9.59 Å². The molecule has 0 aliphatic carbocycles. The van der Waals surface area contributed by atoms with Gasteiger partial charge < -0.3 is 20.3 Å². The molecule has 0 radical (unpaired) electrons. The third-order valence-corrected chi connectivity index (χ3v) is 17.4. The molecule has 2 atom stereocenters. The fourth-order valence-electron chi connectivity index (χ4n) is 11.9. The highest BCUT2D eigenvalue weighted by molar-refractivity contribution is 5.76. The van der Waals surface area contributed by atoms with Gasteiger partial charge in [-0.15, -0.1) is 0 Å². The predicted molar refractivity (Wildman–Crippen MR) is 343 cm³/mol. The second-order valence-electron chi connectivity index (χ2n) is 25.3. The Kier molecular flexibility index (Phi) is 67.4. The highest BCUT2D eigenvalue weighted by Crippen LogP contribution is 2.20. The van der Waals surface area contributed by atoms with Crippen LogP contribution in [0.25, 0.3) is 0 Å². The summed E-state index contributed by atoms with van der Waals surface area (Å²) in [7, 11) is 0. The first-order chi connectivity index (χ1) is 38.5. The van der Waals surface area contributed by atoms with Crippen LogP contribution in [0, 0.1) is 0 Å². The van der Waals surface area contributed by atoms with E-state index in [9.17, 15) is 19.8 Å². The molecular weight excluding hydrogens is 959 g/mol. The summed E-state index contributed by atoms with van der Waals surface area (Å²) in [5.74, 6) is -0.00309. The third-order valence-electron chi connectivity index (χ3n) is 17.4. The van der Waals surface area contributed by atoms with E-state index in [0.717, 1.165) is 38.5 Å². The van der Waals surface area contributed by atoms with Crippen molar-refractivity contribution in [3.8, 4) is 0 Å². The van der Waals surface area contributed by atoms with Gasteiger partial charge in [-0.25, -0.2) is 0 Å². The highest BCUT2D eigenvalue weighted by Gasteiger charge is 2.20. The van der Waals surface area contributed by atoms with Crippen molar-refractivity contribution < 1.29 is 24.5 Å². The first kappa shape index (κ1) is 76.9. The number of unbranched alkanes of at least 4 members (excludes halogenated alkanes) is 58. The van der Waals surface area contributed by atoms with Crippen molar-refractivity contribution >= 4 is 11.9 Å². The summed E-state index contributed by atoms with van der Waals surface area (Å²) in [5.41, 5.74) is 0. The molecule has 1 amide bonds. The van der Waals surface area contributed by atoms with E-state index in [0.29, 0.717) is 25.9 Å².